The standard InChI is InChI=1S/C16H10Cl2FNO4S/c1-2-23-16(22)14-13(20)12-11(25-14)5-10(24-15(12)21)6-3-9(19)8(18)4-7(6)17/h3-5H,2,20H2,1H3. The topological polar surface area (TPSA) is 82.5 Å². The number of nitrogens with two attached hydrogens (primary N) is 1. The minimum absolute atomic E-state index is 0.00728. The Morgan fingerprint density at radius 1 is 1.32 bits per heavy atom. The molecule has 0 saturated heterocycles. The Bertz CT molecular complexity index is 1060. The lowest BCUT2D eigenvalue weighted by atomic mass is 10.1. The van der Waals surface area contributed by atoms with Crippen LogP contribution in [0.4, 0.5) is 10.1 Å². The molecular weight excluding hydrogens is 392 g/mol. The van der Waals surface area contributed by atoms with Crippen LogP contribution in [0.25, 0.3) is 21.4 Å². The molecule has 0 radical (unpaired) electrons. The molecule has 3 rings (SSSR count). The van der Waals surface area contributed by atoms with Gasteiger partial charge in [-0.05, 0) is 25.1 Å². The van der Waals surface area contributed by atoms with Gasteiger partial charge in [-0.25, -0.2) is 14.0 Å². The summed E-state index contributed by atoms with van der Waals surface area (Å²) < 4.78 is 24.3. The first-order valence-corrected chi connectivity index (χ1v) is 8.58. The van der Waals surface area contributed by atoms with Crippen LogP contribution in [0, 0.1) is 5.82 Å². The lowest BCUT2D eigenvalue weighted by Crippen LogP contribution is -2.07. The predicted octanol–water partition coefficient (Wildman–Crippen LogP) is 4.73. The number of carbonyl (C=O) groups is 1. The van der Waals surface area contributed by atoms with E-state index in [1.165, 1.54) is 12.1 Å². The van der Waals surface area contributed by atoms with Crippen molar-refractivity contribution in [3.05, 3.63) is 49.4 Å². The maximum atomic E-state index is 13.7. The van der Waals surface area contributed by atoms with Gasteiger partial charge < -0.3 is 14.9 Å². The van der Waals surface area contributed by atoms with Crippen molar-refractivity contribution in [3.63, 3.8) is 0 Å². The molecule has 0 unspecified atom stereocenters. The summed E-state index contributed by atoms with van der Waals surface area (Å²) >= 11 is 12.7. The first kappa shape index (κ1) is 17.7. The van der Waals surface area contributed by atoms with Crippen LogP contribution in [-0.4, -0.2) is 12.6 Å². The molecular formula is C16H10Cl2FNO4S. The predicted molar refractivity (Wildman–Crippen MR) is 96.1 cm³/mol. The van der Waals surface area contributed by atoms with Gasteiger partial charge in [-0.1, -0.05) is 23.2 Å². The molecule has 1 aromatic carbocycles. The molecule has 0 atom stereocenters. The van der Waals surface area contributed by atoms with Crippen LogP contribution in [0.5, 0.6) is 0 Å². The van der Waals surface area contributed by atoms with E-state index in [2.05, 4.69) is 0 Å². The van der Waals surface area contributed by atoms with E-state index in [0.717, 1.165) is 17.4 Å². The van der Waals surface area contributed by atoms with E-state index in [1.807, 2.05) is 0 Å². The largest absolute Gasteiger partial charge is 0.462 e. The molecule has 0 aliphatic heterocycles. The van der Waals surface area contributed by atoms with Gasteiger partial charge in [0.2, 0.25) is 0 Å². The van der Waals surface area contributed by atoms with Crippen molar-refractivity contribution < 1.29 is 18.3 Å². The maximum Gasteiger partial charge on any atom is 0.350 e. The highest BCUT2D eigenvalue weighted by Crippen LogP contribution is 2.37. The monoisotopic (exact) mass is 401 g/mol. The minimum atomic E-state index is -0.761. The highest BCUT2D eigenvalue weighted by Gasteiger charge is 2.22. The average molecular weight is 402 g/mol. The Hall–Kier alpha value is -2.09. The zero-order valence-corrected chi connectivity index (χ0v) is 15.0. The van der Waals surface area contributed by atoms with Crippen LogP contribution in [0.3, 0.4) is 0 Å². The molecule has 9 heteroatoms. The molecule has 0 spiro atoms. The fourth-order valence-corrected chi connectivity index (χ4v) is 3.78. The van der Waals surface area contributed by atoms with Gasteiger partial charge in [0.15, 0.2) is 0 Å². The van der Waals surface area contributed by atoms with Crippen LogP contribution in [0.1, 0.15) is 16.6 Å². The van der Waals surface area contributed by atoms with Gasteiger partial charge in [0.25, 0.3) is 0 Å². The van der Waals surface area contributed by atoms with Crippen LogP contribution >= 0.6 is 34.5 Å². The number of nitrogen functional groups attached to an aromatic ring is 1. The Kier molecular flexibility index (Phi) is 4.73. The second-order valence-electron chi connectivity index (χ2n) is 4.95. The summed E-state index contributed by atoms with van der Waals surface area (Å²) in [5, 5.41) is 0.0357. The van der Waals surface area contributed by atoms with E-state index in [4.69, 9.17) is 38.1 Å². The van der Waals surface area contributed by atoms with Crippen molar-refractivity contribution in [2.24, 2.45) is 0 Å². The van der Waals surface area contributed by atoms with Crippen molar-refractivity contribution in [2.45, 2.75) is 6.92 Å². The summed E-state index contributed by atoms with van der Waals surface area (Å²) in [7, 11) is 0. The molecule has 0 amide bonds. The minimum Gasteiger partial charge on any atom is -0.462 e. The highest BCUT2D eigenvalue weighted by molar-refractivity contribution is 7.21. The van der Waals surface area contributed by atoms with Crippen molar-refractivity contribution in [1.29, 1.82) is 0 Å². The molecule has 2 heterocycles. The molecule has 0 bridgehead atoms. The Balaban J connectivity index is 2.22. The third-order valence-electron chi connectivity index (χ3n) is 3.38. The zero-order chi connectivity index (χ0) is 18.3. The second-order valence-corrected chi connectivity index (χ2v) is 6.82. The molecule has 25 heavy (non-hydrogen) atoms. The molecule has 2 N–H and O–H groups in total. The molecule has 130 valence electrons. The third-order valence-corrected chi connectivity index (χ3v) is 5.11. The summed E-state index contributed by atoms with van der Waals surface area (Å²) in [6, 6.07) is 3.75. The fraction of sp³-hybridized carbons (Fsp3) is 0.125. The van der Waals surface area contributed by atoms with Crippen LogP contribution in [0.15, 0.2) is 27.4 Å². The normalized spacial score (nSPS) is 11.0. The number of benzene rings is 1. The van der Waals surface area contributed by atoms with Gasteiger partial charge in [0, 0.05) is 10.3 Å². The van der Waals surface area contributed by atoms with Gasteiger partial charge >= 0.3 is 11.6 Å². The van der Waals surface area contributed by atoms with Gasteiger partial charge in [0.1, 0.15) is 21.8 Å². The number of ether oxygens (including phenoxy) is 1. The van der Waals surface area contributed by atoms with E-state index < -0.39 is 17.4 Å². The zero-order valence-electron chi connectivity index (χ0n) is 12.7. The van der Waals surface area contributed by atoms with Crippen molar-refractivity contribution >= 4 is 56.3 Å². The van der Waals surface area contributed by atoms with Crippen molar-refractivity contribution in [3.8, 4) is 11.3 Å². The molecule has 2 aromatic heterocycles. The first-order valence-electron chi connectivity index (χ1n) is 7.01. The first-order chi connectivity index (χ1) is 11.8. The quantitative estimate of drug-likeness (QED) is 0.506. The molecule has 0 saturated carbocycles. The summed E-state index contributed by atoms with van der Waals surface area (Å²) in [6.45, 7) is 1.83. The Morgan fingerprint density at radius 3 is 2.72 bits per heavy atom. The van der Waals surface area contributed by atoms with Crippen LogP contribution in [-0.2, 0) is 4.74 Å². The average Bonchev–Trinajstić information content (AvgIpc) is 2.88. The number of anilines is 1. The number of thiophene rings is 1. The number of hydrogen-bond acceptors (Lipinski definition) is 6. The van der Waals surface area contributed by atoms with E-state index in [0.29, 0.717) is 4.70 Å². The smallest absolute Gasteiger partial charge is 0.350 e. The van der Waals surface area contributed by atoms with Gasteiger partial charge in [-0.2, -0.15) is 0 Å². The summed E-state index contributed by atoms with van der Waals surface area (Å²) in [5.74, 6) is -1.30. The molecule has 0 aliphatic rings. The Labute approximate surface area is 154 Å². The van der Waals surface area contributed by atoms with E-state index in [-0.39, 0.29) is 43.9 Å². The lowest BCUT2D eigenvalue weighted by Gasteiger charge is -2.05. The summed E-state index contributed by atoms with van der Waals surface area (Å²) in [5.41, 5.74) is 5.27. The maximum absolute atomic E-state index is 13.7. The number of rotatable bonds is 3. The summed E-state index contributed by atoms with van der Waals surface area (Å²) in [6.07, 6.45) is 0. The molecule has 0 fully saturated rings. The van der Waals surface area contributed by atoms with E-state index >= 15 is 0 Å². The number of fused-ring (bicyclic) bond motifs is 1. The van der Waals surface area contributed by atoms with Crippen LogP contribution in [0.2, 0.25) is 10.0 Å². The SMILES string of the molecule is CCOC(=O)c1sc2cc(-c3cc(F)c(Cl)cc3Cl)oc(=O)c2c1N. The fourth-order valence-electron chi connectivity index (χ4n) is 2.27. The molecule has 0 aliphatic carbocycles. The molecule has 3 aromatic rings. The van der Waals surface area contributed by atoms with E-state index in [9.17, 15) is 14.0 Å². The molecule has 5 nitrogen and oxygen atoms in total. The van der Waals surface area contributed by atoms with Gasteiger partial charge in [-0.15, -0.1) is 11.3 Å². The van der Waals surface area contributed by atoms with Gasteiger partial charge in [-0.3, -0.25) is 0 Å². The second kappa shape index (κ2) is 6.67. The number of hydrogen-bond donors (Lipinski definition) is 1. The van der Waals surface area contributed by atoms with E-state index in [1.54, 1.807) is 6.92 Å². The number of carbonyl (C=O) groups excluding carboxylic acids is 1. The lowest BCUT2D eigenvalue weighted by molar-refractivity contribution is 0.0533. The van der Waals surface area contributed by atoms with Crippen molar-refractivity contribution in [2.75, 3.05) is 12.3 Å². The Morgan fingerprint density at radius 2 is 2.04 bits per heavy atom. The van der Waals surface area contributed by atoms with Crippen molar-refractivity contribution in [1.82, 2.24) is 0 Å². The highest BCUT2D eigenvalue weighted by atomic mass is 35.5. The van der Waals surface area contributed by atoms with Crippen LogP contribution < -0.4 is 11.4 Å². The summed E-state index contributed by atoms with van der Waals surface area (Å²) in [4.78, 5) is 24.3. The van der Waals surface area contributed by atoms with Gasteiger partial charge in [0.05, 0.1) is 22.3 Å². The third kappa shape index (κ3) is 3.10. The number of halogens is 3. The number of esters is 1.